The highest BCUT2D eigenvalue weighted by molar-refractivity contribution is 7.92. The Morgan fingerprint density at radius 3 is 1.96 bits per heavy atom. The summed E-state index contributed by atoms with van der Waals surface area (Å²) in [6.45, 7) is 6.60. The second-order valence-electron chi connectivity index (χ2n) is 13.3. The summed E-state index contributed by atoms with van der Waals surface area (Å²) in [6, 6.07) is 21.6. The van der Waals surface area contributed by atoms with Gasteiger partial charge in [0.05, 0.1) is 36.1 Å². The number of ether oxygens (including phenoxy) is 1. The summed E-state index contributed by atoms with van der Waals surface area (Å²) in [5.74, 6) is -0.397. The lowest BCUT2D eigenvalue weighted by Gasteiger charge is -2.39. The van der Waals surface area contributed by atoms with Gasteiger partial charge >= 0.3 is 12.0 Å². The number of likely N-dealkylation sites (tertiary alicyclic amines) is 1. The van der Waals surface area contributed by atoms with E-state index in [4.69, 9.17) is 4.74 Å². The number of amides is 2. The summed E-state index contributed by atoms with van der Waals surface area (Å²) in [5.41, 5.74) is 4.49. The molecular weight excluding hydrogens is 691 g/mol. The number of para-hydroxylation sites is 2. The van der Waals surface area contributed by atoms with Crippen molar-refractivity contribution in [3.8, 4) is 0 Å². The lowest BCUT2D eigenvalue weighted by atomic mass is 9.74. The molecule has 2 N–H and O–H groups in total. The molecule has 0 bridgehead atoms. The quantitative estimate of drug-likeness (QED) is 0.349. The van der Waals surface area contributed by atoms with Crippen molar-refractivity contribution in [2.24, 2.45) is 0 Å². The highest BCUT2D eigenvalue weighted by atomic mass is 32.2. The van der Waals surface area contributed by atoms with Gasteiger partial charge in [-0.15, -0.1) is 0 Å². The molecule has 0 aromatic heterocycles. The fraction of sp³-hybridized carbons (Fsp3) is 0.459. The second kappa shape index (κ2) is 16.5. The van der Waals surface area contributed by atoms with E-state index in [2.05, 4.69) is 10.6 Å². The van der Waals surface area contributed by atoms with Crippen LogP contribution in [0.5, 0.6) is 0 Å². The summed E-state index contributed by atoms with van der Waals surface area (Å²) in [6.07, 6.45) is 8.89. The number of piperidine rings is 2. The number of benzene rings is 3. The van der Waals surface area contributed by atoms with Crippen molar-refractivity contribution >= 4 is 49.1 Å². The molecule has 4 aliphatic rings. The van der Waals surface area contributed by atoms with Crippen molar-refractivity contribution in [2.75, 3.05) is 72.3 Å². The Kier molecular flexibility index (Phi) is 12.3. The topological polar surface area (TPSA) is 145 Å². The van der Waals surface area contributed by atoms with E-state index in [1.54, 1.807) is 36.1 Å². The molecular formula is C37H49N5O7S2. The predicted octanol–water partition coefficient (Wildman–Crippen LogP) is 4.98. The van der Waals surface area contributed by atoms with Crippen molar-refractivity contribution in [3.63, 3.8) is 0 Å². The number of hydrogen-bond donors (Lipinski definition) is 2. The number of anilines is 3. The third-order valence-corrected chi connectivity index (χ3v) is 12.0. The molecule has 2 amide bonds. The fourth-order valence-corrected chi connectivity index (χ4v) is 8.96. The molecule has 2 fully saturated rings. The van der Waals surface area contributed by atoms with Gasteiger partial charge in [-0.2, -0.15) is 0 Å². The van der Waals surface area contributed by atoms with Gasteiger partial charge in [0.15, 0.2) is 0 Å². The van der Waals surface area contributed by atoms with Gasteiger partial charge in [0.25, 0.3) is 0 Å². The van der Waals surface area contributed by atoms with Crippen LogP contribution in [0.2, 0.25) is 0 Å². The SMILES string of the molecule is C1CCNCC1.CCOC(=O)c1ccc(NC(=O)N2CCC3(CC2)CN(S(C)(=O)=O)c2ccccc23)cc1.CS(=O)(=O)N1CCc2ccccc21. The third kappa shape index (κ3) is 9.40. The summed E-state index contributed by atoms with van der Waals surface area (Å²) >= 11 is 0. The molecule has 276 valence electrons. The van der Waals surface area contributed by atoms with Gasteiger partial charge in [-0.25, -0.2) is 26.4 Å². The zero-order valence-electron chi connectivity index (χ0n) is 29.6. The van der Waals surface area contributed by atoms with Gasteiger partial charge in [0.2, 0.25) is 20.0 Å². The minimum Gasteiger partial charge on any atom is -0.462 e. The van der Waals surface area contributed by atoms with Crippen molar-refractivity contribution in [2.45, 2.75) is 50.9 Å². The molecule has 4 heterocycles. The summed E-state index contributed by atoms with van der Waals surface area (Å²) < 4.78 is 55.2. The van der Waals surface area contributed by atoms with Crippen molar-refractivity contribution in [3.05, 3.63) is 89.5 Å². The minimum atomic E-state index is -3.37. The van der Waals surface area contributed by atoms with E-state index >= 15 is 0 Å². The molecule has 1 spiro atoms. The lowest BCUT2D eigenvalue weighted by Crippen LogP contribution is -2.48. The van der Waals surface area contributed by atoms with Crippen molar-refractivity contribution in [1.82, 2.24) is 10.2 Å². The van der Waals surface area contributed by atoms with Crippen LogP contribution in [0.1, 0.15) is 60.5 Å². The highest BCUT2D eigenvalue weighted by Gasteiger charge is 2.47. The molecule has 4 aliphatic heterocycles. The molecule has 3 aromatic carbocycles. The fourth-order valence-electron chi connectivity index (χ4n) is 7.01. The maximum absolute atomic E-state index is 12.8. The van der Waals surface area contributed by atoms with Crippen molar-refractivity contribution < 1.29 is 31.2 Å². The average molecular weight is 740 g/mol. The zero-order valence-corrected chi connectivity index (χ0v) is 31.3. The van der Waals surface area contributed by atoms with Gasteiger partial charge in [0, 0.05) is 37.3 Å². The first-order valence-corrected chi connectivity index (χ1v) is 21.2. The first kappa shape index (κ1) is 38.1. The number of sulfonamides is 2. The van der Waals surface area contributed by atoms with Gasteiger partial charge in [-0.1, -0.05) is 42.8 Å². The standard InChI is InChI=1S/C23H27N3O5S.C9H11NO2S.C5H11N/c1-3-31-21(27)17-8-10-18(11-9-17)24-22(28)25-14-12-23(13-15-25)16-26(32(2,29)30)20-7-5-4-6-19(20)23;1-13(11,12)10-7-6-8-4-2-3-5-9(8)10;1-2-4-6-5-3-1/h4-11H,3,12-16H2,1-2H3,(H,24,28);2-5H,6-7H2,1H3;6H,1-5H2. The van der Waals surface area contributed by atoms with Gasteiger partial charge < -0.3 is 20.3 Å². The Balaban J connectivity index is 0.000000215. The number of carbonyl (C=O) groups excluding carboxylic acids is 2. The van der Waals surface area contributed by atoms with E-state index in [9.17, 15) is 26.4 Å². The van der Waals surface area contributed by atoms with Gasteiger partial charge in [-0.05, 0) is 99.6 Å². The van der Waals surface area contributed by atoms with E-state index in [-0.39, 0.29) is 11.4 Å². The molecule has 51 heavy (non-hydrogen) atoms. The Morgan fingerprint density at radius 1 is 0.784 bits per heavy atom. The number of fused-ring (bicyclic) bond motifs is 3. The smallest absolute Gasteiger partial charge is 0.338 e. The molecule has 7 rings (SSSR count). The Labute approximate surface area is 302 Å². The third-order valence-electron chi connectivity index (χ3n) is 9.70. The first-order valence-electron chi connectivity index (χ1n) is 17.5. The number of nitrogens with one attached hydrogen (secondary N) is 2. The van der Waals surface area contributed by atoms with E-state index in [1.165, 1.54) is 53.5 Å². The Bertz CT molecular complexity index is 1880. The molecule has 0 radical (unpaired) electrons. The molecule has 0 saturated carbocycles. The Hall–Kier alpha value is -4.14. The van der Waals surface area contributed by atoms with Gasteiger partial charge in [-0.3, -0.25) is 8.61 Å². The van der Waals surface area contributed by atoms with E-state index in [1.807, 2.05) is 48.5 Å². The normalized spacial score (nSPS) is 17.7. The number of esters is 1. The van der Waals surface area contributed by atoms with Crippen LogP contribution in [0.25, 0.3) is 0 Å². The molecule has 0 unspecified atom stereocenters. The first-order chi connectivity index (χ1) is 24.3. The van der Waals surface area contributed by atoms with Crippen LogP contribution in [0.4, 0.5) is 21.9 Å². The molecule has 2 saturated heterocycles. The monoisotopic (exact) mass is 739 g/mol. The molecule has 0 atom stereocenters. The number of nitrogens with zero attached hydrogens (tertiary/aromatic N) is 3. The van der Waals surface area contributed by atoms with E-state index in [0.717, 1.165) is 28.9 Å². The number of carbonyl (C=O) groups is 2. The summed E-state index contributed by atoms with van der Waals surface area (Å²) in [5, 5.41) is 6.15. The van der Waals surface area contributed by atoms with Crippen LogP contribution in [-0.4, -0.2) is 92.1 Å². The summed E-state index contributed by atoms with van der Waals surface area (Å²) in [7, 11) is -6.45. The molecule has 3 aromatic rings. The van der Waals surface area contributed by atoms with Gasteiger partial charge in [0.1, 0.15) is 0 Å². The van der Waals surface area contributed by atoms with E-state index in [0.29, 0.717) is 56.9 Å². The van der Waals surface area contributed by atoms with E-state index < -0.39 is 26.0 Å². The number of urea groups is 1. The molecule has 0 aliphatic carbocycles. The largest absolute Gasteiger partial charge is 0.462 e. The average Bonchev–Trinajstić information content (AvgIpc) is 3.71. The van der Waals surface area contributed by atoms with Crippen LogP contribution in [0.15, 0.2) is 72.8 Å². The van der Waals surface area contributed by atoms with Crippen LogP contribution in [0.3, 0.4) is 0 Å². The summed E-state index contributed by atoms with van der Waals surface area (Å²) in [4.78, 5) is 26.3. The molecule has 14 heteroatoms. The maximum atomic E-state index is 12.8. The van der Waals surface area contributed by atoms with Crippen LogP contribution < -0.4 is 19.2 Å². The zero-order chi connectivity index (χ0) is 36.6. The highest BCUT2D eigenvalue weighted by Crippen LogP contribution is 2.47. The molecule has 12 nitrogen and oxygen atoms in total. The Morgan fingerprint density at radius 2 is 1.39 bits per heavy atom. The number of hydrogen-bond acceptors (Lipinski definition) is 8. The second-order valence-corrected chi connectivity index (χ2v) is 17.1. The van der Waals surface area contributed by atoms with Crippen LogP contribution in [-0.2, 0) is 36.6 Å². The van der Waals surface area contributed by atoms with Crippen LogP contribution >= 0.6 is 0 Å². The van der Waals surface area contributed by atoms with Crippen LogP contribution in [0, 0.1) is 0 Å². The number of rotatable bonds is 5. The lowest BCUT2D eigenvalue weighted by molar-refractivity contribution is 0.0526. The predicted molar refractivity (Wildman–Crippen MR) is 202 cm³/mol. The minimum absolute atomic E-state index is 0.213. The maximum Gasteiger partial charge on any atom is 0.338 e. The van der Waals surface area contributed by atoms with Crippen molar-refractivity contribution in [1.29, 1.82) is 0 Å².